The van der Waals surface area contributed by atoms with Crippen molar-refractivity contribution in [2.24, 2.45) is 0 Å². The Hall–Kier alpha value is -2.77. The van der Waals surface area contributed by atoms with Crippen LogP contribution < -0.4 is 5.32 Å². The third-order valence-electron chi connectivity index (χ3n) is 4.38. The zero-order valence-corrected chi connectivity index (χ0v) is 15.0. The van der Waals surface area contributed by atoms with Crippen molar-refractivity contribution in [3.05, 3.63) is 41.3 Å². The van der Waals surface area contributed by atoms with Crippen molar-refractivity contribution < 1.29 is 18.5 Å². The number of fused-ring (bicyclic) bond motifs is 1. The molecule has 1 aromatic heterocycles. The number of anilines is 1. The first kappa shape index (κ1) is 18.0. The molecule has 0 aliphatic carbocycles. The van der Waals surface area contributed by atoms with E-state index in [1.54, 1.807) is 7.05 Å². The predicted octanol–water partition coefficient (Wildman–Crippen LogP) is 2.46. The highest BCUT2D eigenvalue weighted by molar-refractivity contribution is 6.01. The molecule has 3 rings (SSSR count). The van der Waals surface area contributed by atoms with Crippen LogP contribution in [-0.2, 0) is 16.0 Å². The molecule has 1 aliphatic rings. The normalized spacial score (nSPS) is 16.3. The van der Waals surface area contributed by atoms with Crippen LogP contribution in [-0.4, -0.2) is 40.4 Å². The van der Waals surface area contributed by atoms with Crippen LogP contribution in [0.1, 0.15) is 49.4 Å². The van der Waals surface area contributed by atoms with Crippen LogP contribution in [0.25, 0.3) is 0 Å². The molecule has 0 saturated heterocycles. The fraction of sp³-hybridized carbons (Fsp3) is 0.444. The van der Waals surface area contributed by atoms with Crippen molar-refractivity contribution in [2.75, 3.05) is 18.9 Å². The average Bonchev–Trinajstić information content (AvgIpc) is 3.08. The zero-order valence-electron chi connectivity index (χ0n) is 15.0. The van der Waals surface area contributed by atoms with Crippen molar-refractivity contribution in [1.29, 1.82) is 0 Å². The summed E-state index contributed by atoms with van der Waals surface area (Å²) in [7, 11) is 1.65. The molecule has 138 valence electrons. The number of halogens is 1. The van der Waals surface area contributed by atoms with Gasteiger partial charge in [0, 0.05) is 38.0 Å². The molecule has 0 saturated carbocycles. The third kappa shape index (κ3) is 3.74. The van der Waals surface area contributed by atoms with Gasteiger partial charge >= 0.3 is 0 Å². The van der Waals surface area contributed by atoms with E-state index in [0.29, 0.717) is 35.9 Å². The highest BCUT2D eigenvalue weighted by Crippen LogP contribution is 2.33. The summed E-state index contributed by atoms with van der Waals surface area (Å²) in [5.74, 6) is -0.398. The molecule has 8 heteroatoms. The highest BCUT2D eigenvalue weighted by atomic mass is 19.1. The van der Waals surface area contributed by atoms with Crippen LogP contribution in [0.4, 0.5) is 10.1 Å². The Morgan fingerprint density at radius 1 is 1.46 bits per heavy atom. The first-order chi connectivity index (χ1) is 12.3. The molecule has 1 aliphatic heterocycles. The van der Waals surface area contributed by atoms with Crippen LogP contribution in [0, 0.1) is 5.82 Å². The lowest BCUT2D eigenvalue weighted by atomic mass is 9.89. The van der Waals surface area contributed by atoms with Gasteiger partial charge in [-0.15, -0.1) is 0 Å². The predicted molar refractivity (Wildman–Crippen MR) is 92.1 cm³/mol. The first-order valence-electron chi connectivity index (χ1n) is 8.52. The van der Waals surface area contributed by atoms with Gasteiger partial charge in [0.2, 0.25) is 17.7 Å². The van der Waals surface area contributed by atoms with E-state index in [2.05, 4.69) is 15.5 Å². The monoisotopic (exact) mass is 360 g/mol. The number of carbonyl (C=O) groups excluding carboxylic acids is 2. The fourth-order valence-corrected chi connectivity index (χ4v) is 2.90. The van der Waals surface area contributed by atoms with Crippen LogP contribution in [0.2, 0.25) is 0 Å². The number of nitrogens with one attached hydrogen (secondary N) is 1. The quantitative estimate of drug-likeness (QED) is 0.885. The van der Waals surface area contributed by atoms with E-state index >= 15 is 0 Å². The molecule has 2 amide bonds. The van der Waals surface area contributed by atoms with E-state index < -0.39 is 11.7 Å². The molecule has 2 heterocycles. The maximum Gasteiger partial charge on any atom is 0.230 e. The zero-order chi connectivity index (χ0) is 18.8. The molecule has 2 aromatic rings. The number of aromatic nitrogens is 2. The number of nitrogens with zero attached hydrogens (tertiary/aromatic N) is 3. The smallest absolute Gasteiger partial charge is 0.230 e. The molecule has 0 bridgehead atoms. The van der Waals surface area contributed by atoms with Crippen LogP contribution in [0.15, 0.2) is 22.7 Å². The van der Waals surface area contributed by atoms with Crippen LogP contribution in [0.3, 0.4) is 0 Å². The lowest BCUT2D eigenvalue weighted by Gasteiger charge is -2.28. The van der Waals surface area contributed by atoms with Crippen molar-refractivity contribution in [3.63, 3.8) is 0 Å². The third-order valence-corrected chi connectivity index (χ3v) is 4.38. The fourth-order valence-electron chi connectivity index (χ4n) is 2.90. The summed E-state index contributed by atoms with van der Waals surface area (Å²) in [5.41, 5.74) is 0.984. The summed E-state index contributed by atoms with van der Waals surface area (Å²) in [6.07, 6.45) is 0.437. The number of carbonyl (C=O) groups is 2. The van der Waals surface area contributed by atoms with Crippen molar-refractivity contribution >= 4 is 17.5 Å². The molecule has 0 unspecified atom stereocenters. The molecule has 1 aromatic carbocycles. The van der Waals surface area contributed by atoms with E-state index in [4.69, 9.17) is 4.52 Å². The minimum Gasteiger partial charge on any atom is -0.345 e. The molecule has 1 N–H and O–H groups in total. The second kappa shape index (κ2) is 7.23. The Labute approximate surface area is 150 Å². The van der Waals surface area contributed by atoms with Gasteiger partial charge in [-0.2, -0.15) is 4.98 Å². The molecular formula is C18H21FN4O3. The lowest BCUT2D eigenvalue weighted by molar-refractivity contribution is -0.133. The summed E-state index contributed by atoms with van der Waals surface area (Å²) >= 11 is 0. The maximum atomic E-state index is 13.6. The summed E-state index contributed by atoms with van der Waals surface area (Å²) in [5, 5.41) is 6.58. The number of likely N-dealkylation sites (N-methyl/N-ethyl adjacent to an activating group) is 1. The Morgan fingerprint density at radius 2 is 2.23 bits per heavy atom. The molecule has 0 radical (unpaired) electrons. The highest BCUT2D eigenvalue weighted by Gasteiger charge is 2.32. The van der Waals surface area contributed by atoms with E-state index in [9.17, 15) is 14.0 Å². The number of amides is 2. The van der Waals surface area contributed by atoms with Gasteiger partial charge < -0.3 is 14.7 Å². The second-order valence-electron chi connectivity index (χ2n) is 6.75. The largest absolute Gasteiger partial charge is 0.345 e. The molecular weight excluding hydrogens is 339 g/mol. The summed E-state index contributed by atoms with van der Waals surface area (Å²) in [6.45, 7) is 4.29. The standard InChI is InChI=1S/C18H21FN4O3/c1-10(2)17-21-15(22-26-17)6-7-23(3)18(25)13-9-16(24)20-14-5-4-11(19)8-12(13)14/h4-5,8,10,13H,6-7,9H2,1-3H3,(H,20,24)/t13-/m0/s1. The maximum absolute atomic E-state index is 13.6. The van der Waals surface area contributed by atoms with Gasteiger partial charge in [0.15, 0.2) is 5.82 Å². The second-order valence-corrected chi connectivity index (χ2v) is 6.75. The SMILES string of the molecule is CC(C)c1nc(CCN(C)C(=O)[C@H]2CC(=O)Nc3ccc(F)cc32)no1. The Morgan fingerprint density at radius 3 is 2.92 bits per heavy atom. The summed E-state index contributed by atoms with van der Waals surface area (Å²) < 4.78 is 18.8. The first-order valence-corrected chi connectivity index (χ1v) is 8.52. The van der Waals surface area contributed by atoms with Gasteiger partial charge in [0.1, 0.15) is 5.82 Å². The molecule has 0 spiro atoms. The van der Waals surface area contributed by atoms with E-state index in [1.165, 1.54) is 23.1 Å². The molecule has 7 nitrogen and oxygen atoms in total. The van der Waals surface area contributed by atoms with Gasteiger partial charge in [-0.1, -0.05) is 19.0 Å². The van der Waals surface area contributed by atoms with E-state index in [-0.39, 0.29) is 24.2 Å². The summed E-state index contributed by atoms with van der Waals surface area (Å²) in [4.78, 5) is 30.5. The lowest BCUT2D eigenvalue weighted by Crippen LogP contribution is -2.37. The minimum atomic E-state index is -0.698. The number of hydrogen-bond acceptors (Lipinski definition) is 5. The minimum absolute atomic E-state index is 0.000660. The van der Waals surface area contributed by atoms with Crippen LogP contribution >= 0.6 is 0 Å². The van der Waals surface area contributed by atoms with Gasteiger partial charge in [-0.25, -0.2) is 4.39 Å². The van der Waals surface area contributed by atoms with E-state index in [0.717, 1.165) is 0 Å². The van der Waals surface area contributed by atoms with E-state index in [1.807, 2.05) is 13.8 Å². The molecule has 1 atom stereocenters. The van der Waals surface area contributed by atoms with Gasteiger partial charge in [-0.05, 0) is 23.8 Å². The number of hydrogen-bond donors (Lipinski definition) is 1. The molecule has 26 heavy (non-hydrogen) atoms. The van der Waals surface area contributed by atoms with Crippen LogP contribution in [0.5, 0.6) is 0 Å². The molecule has 0 fully saturated rings. The Balaban J connectivity index is 1.70. The van der Waals surface area contributed by atoms with Crippen molar-refractivity contribution in [2.45, 2.75) is 38.5 Å². The Kier molecular flexibility index (Phi) is 5.01. The number of benzene rings is 1. The van der Waals surface area contributed by atoms with Crippen molar-refractivity contribution in [3.8, 4) is 0 Å². The van der Waals surface area contributed by atoms with Gasteiger partial charge in [0.05, 0.1) is 5.92 Å². The topological polar surface area (TPSA) is 88.3 Å². The number of rotatable bonds is 5. The van der Waals surface area contributed by atoms with Gasteiger partial charge in [-0.3, -0.25) is 9.59 Å². The summed E-state index contributed by atoms with van der Waals surface area (Å²) in [6, 6.07) is 4.05. The van der Waals surface area contributed by atoms with Crippen molar-refractivity contribution in [1.82, 2.24) is 15.0 Å². The average molecular weight is 360 g/mol. The van der Waals surface area contributed by atoms with Gasteiger partial charge in [0.25, 0.3) is 0 Å². The Bertz CT molecular complexity index is 834.